The quantitative estimate of drug-likeness (QED) is 0.0597. The van der Waals surface area contributed by atoms with E-state index in [9.17, 15) is 41.9 Å². The molecule has 0 spiro atoms. The molecule has 2 heterocycles. The molecule has 6 aromatic rings. The zero-order valence-corrected chi connectivity index (χ0v) is 35.3. The van der Waals surface area contributed by atoms with Gasteiger partial charge < -0.3 is 35.9 Å². The van der Waals surface area contributed by atoms with Crippen LogP contribution in [-0.2, 0) is 35.5 Å². The summed E-state index contributed by atoms with van der Waals surface area (Å²) < 4.78 is 66.8. The Morgan fingerprint density at radius 3 is 1.62 bits per heavy atom. The summed E-state index contributed by atoms with van der Waals surface area (Å²) in [6, 6.07) is 21.3. The number of carbonyl (C=O) groups is 4. The van der Waals surface area contributed by atoms with Crippen molar-refractivity contribution in [2.45, 2.75) is 51.0 Å². The van der Waals surface area contributed by atoms with Gasteiger partial charge in [-0.1, -0.05) is 29.3 Å². The molecule has 2 aliphatic rings. The van der Waals surface area contributed by atoms with Crippen LogP contribution in [0.4, 0.5) is 38.5 Å². The van der Waals surface area contributed by atoms with E-state index in [4.69, 9.17) is 32.7 Å². The van der Waals surface area contributed by atoms with E-state index in [2.05, 4.69) is 26.3 Å². The molecule has 2 aromatic heterocycles. The molecule has 0 aliphatic heterocycles. The van der Waals surface area contributed by atoms with Gasteiger partial charge in [-0.2, -0.15) is 4.73 Å². The number of carbonyl (C=O) groups excluding carboxylic acids is 4. The van der Waals surface area contributed by atoms with Gasteiger partial charge >= 0.3 is 12.2 Å². The number of nitrogens with zero attached hydrogens (tertiary/aromatic N) is 2. The maximum Gasteiger partial charge on any atom is 0.408 e. The SMILES string of the molecule is O=C(N[C@H]1CCc2c(C(=O)Nc3ccc(F)c(Cl)c3)ccc(F)c21)OCc1cccc[n+]1[O-].O=C(N[C@H]1CCc2c(C(=O)Nc3ccc(F)c(Cl)c3)ccc(F)c21)OCc1ccccn1. The van der Waals surface area contributed by atoms with E-state index in [0.29, 0.717) is 52.9 Å². The predicted octanol–water partition coefficient (Wildman–Crippen LogP) is 9.60. The zero-order chi connectivity index (χ0) is 46.2. The van der Waals surface area contributed by atoms with E-state index in [-0.39, 0.29) is 56.9 Å². The van der Waals surface area contributed by atoms with Crippen molar-refractivity contribution in [2.24, 2.45) is 0 Å². The molecule has 19 heteroatoms. The van der Waals surface area contributed by atoms with E-state index < -0.39 is 59.4 Å². The summed E-state index contributed by atoms with van der Waals surface area (Å²) in [7, 11) is 0. The summed E-state index contributed by atoms with van der Waals surface area (Å²) in [5.41, 5.74) is 3.36. The summed E-state index contributed by atoms with van der Waals surface area (Å²) in [5, 5.41) is 21.9. The number of amides is 4. The third-order valence-electron chi connectivity index (χ3n) is 10.4. The van der Waals surface area contributed by atoms with Crippen LogP contribution in [0, 0.1) is 28.5 Å². The first-order chi connectivity index (χ1) is 31.2. The number of pyridine rings is 2. The Morgan fingerprint density at radius 2 is 1.14 bits per heavy atom. The fraction of sp³-hybridized carbons (Fsp3) is 0.174. The van der Waals surface area contributed by atoms with Crippen molar-refractivity contribution in [2.75, 3.05) is 10.6 Å². The summed E-state index contributed by atoms with van der Waals surface area (Å²) in [4.78, 5) is 54.1. The molecule has 334 valence electrons. The molecule has 4 amide bonds. The number of ether oxygens (including phenoxy) is 2. The number of hydrogen-bond donors (Lipinski definition) is 4. The van der Waals surface area contributed by atoms with Crippen LogP contribution in [0.15, 0.2) is 109 Å². The molecule has 4 N–H and O–H groups in total. The number of fused-ring (bicyclic) bond motifs is 2. The van der Waals surface area contributed by atoms with Crippen LogP contribution in [0.1, 0.15) is 79.3 Å². The number of aromatic nitrogens is 2. The standard InChI is InChI=1S/C23H18ClF2N3O4.C23H18ClF2N3O3/c24-17-11-13(4-7-18(17)25)27-22(30)16-5-8-19(26)21-15(16)6-9-20(21)28-23(31)33-12-14-3-1-2-10-29(14)32;24-17-11-13(4-7-18(17)25)28-22(30)16-5-8-19(26)21-15(16)6-9-20(21)29-23(31)32-12-14-3-1-2-10-27-14/h1-5,7-8,10-11,20H,6,9,12H2,(H,27,30)(H,28,31);1-5,7-8,10-11,20H,6,9,12H2,(H,28,30)(H,29,31)/t2*20-/m00/s1. The van der Waals surface area contributed by atoms with Crippen LogP contribution in [-0.4, -0.2) is 29.0 Å². The lowest BCUT2D eigenvalue weighted by molar-refractivity contribution is -0.616. The van der Waals surface area contributed by atoms with E-state index in [1.165, 1.54) is 54.7 Å². The van der Waals surface area contributed by atoms with Crippen LogP contribution >= 0.6 is 23.2 Å². The molecule has 13 nitrogen and oxygen atoms in total. The average molecular weight is 932 g/mol. The van der Waals surface area contributed by atoms with Gasteiger partial charge in [-0.3, -0.25) is 14.6 Å². The highest BCUT2D eigenvalue weighted by Gasteiger charge is 2.33. The first-order valence-corrected chi connectivity index (χ1v) is 20.6. The molecular formula is C46H36Cl2F4N6O7. The third kappa shape index (κ3) is 11.1. The van der Waals surface area contributed by atoms with Gasteiger partial charge in [0.05, 0.1) is 27.8 Å². The number of rotatable bonds is 10. The second-order valence-corrected chi connectivity index (χ2v) is 15.4. The highest BCUT2D eigenvalue weighted by Crippen LogP contribution is 2.37. The topological polar surface area (TPSA) is 175 Å². The van der Waals surface area contributed by atoms with Crippen molar-refractivity contribution in [3.8, 4) is 0 Å². The Morgan fingerprint density at radius 1 is 0.646 bits per heavy atom. The second kappa shape index (κ2) is 20.5. The molecule has 0 saturated heterocycles. The summed E-state index contributed by atoms with van der Waals surface area (Å²) in [6.45, 7) is -0.266. The van der Waals surface area contributed by atoms with Crippen molar-refractivity contribution >= 4 is 58.6 Å². The molecule has 4 aromatic carbocycles. The lowest BCUT2D eigenvalue weighted by Crippen LogP contribution is -2.33. The number of hydrogen-bond acceptors (Lipinski definition) is 8. The van der Waals surface area contributed by atoms with Gasteiger partial charge in [-0.15, -0.1) is 0 Å². The van der Waals surface area contributed by atoms with Crippen LogP contribution in [0.5, 0.6) is 0 Å². The second-order valence-electron chi connectivity index (χ2n) is 14.6. The van der Waals surface area contributed by atoms with E-state index in [1.807, 2.05) is 0 Å². The summed E-state index contributed by atoms with van der Waals surface area (Å²) in [6.07, 6.45) is 2.88. The molecule has 65 heavy (non-hydrogen) atoms. The molecule has 8 rings (SSSR count). The zero-order valence-electron chi connectivity index (χ0n) is 33.8. The fourth-order valence-corrected chi connectivity index (χ4v) is 7.76. The Kier molecular flexibility index (Phi) is 14.4. The van der Waals surface area contributed by atoms with Crippen molar-refractivity contribution in [3.63, 3.8) is 0 Å². The molecule has 0 bridgehead atoms. The first kappa shape index (κ1) is 45.8. The van der Waals surface area contributed by atoms with Gasteiger partial charge in [0.1, 0.15) is 29.9 Å². The van der Waals surface area contributed by atoms with Gasteiger partial charge in [0.25, 0.3) is 11.8 Å². The minimum Gasteiger partial charge on any atom is -0.618 e. The van der Waals surface area contributed by atoms with Crippen LogP contribution in [0.2, 0.25) is 10.0 Å². The van der Waals surface area contributed by atoms with Crippen LogP contribution in [0.3, 0.4) is 0 Å². The smallest absolute Gasteiger partial charge is 0.408 e. The van der Waals surface area contributed by atoms with Crippen LogP contribution < -0.4 is 26.0 Å². The molecule has 0 radical (unpaired) electrons. The van der Waals surface area contributed by atoms with E-state index in [0.717, 1.165) is 18.2 Å². The average Bonchev–Trinajstić information content (AvgIpc) is 3.91. The normalized spacial score (nSPS) is 14.5. The lowest BCUT2D eigenvalue weighted by atomic mass is 10.0. The third-order valence-corrected chi connectivity index (χ3v) is 11.0. The Bertz CT molecular complexity index is 2790. The Balaban J connectivity index is 0.000000194. The summed E-state index contributed by atoms with van der Waals surface area (Å²) in [5.74, 6) is -3.29. The first-order valence-electron chi connectivity index (χ1n) is 19.8. The van der Waals surface area contributed by atoms with Crippen LogP contribution in [0.25, 0.3) is 0 Å². The molecule has 0 fully saturated rings. The fourth-order valence-electron chi connectivity index (χ4n) is 7.39. The maximum atomic E-state index is 14.6. The van der Waals surface area contributed by atoms with Gasteiger partial charge in [-0.25, -0.2) is 27.2 Å². The molecule has 2 aliphatic carbocycles. The number of halogens is 6. The Labute approximate surface area is 378 Å². The highest BCUT2D eigenvalue weighted by atomic mass is 35.5. The molecular weight excluding hydrogens is 895 g/mol. The number of nitrogens with one attached hydrogen (secondary N) is 4. The Hall–Kier alpha value is -7.24. The summed E-state index contributed by atoms with van der Waals surface area (Å²) >= 11 is 11.5. The van der Waals surface area contributed by atoms with Crippen molar-refractivity contribution in [1.29, 1.82) is 0 Å². The highest BCUT2D eigenvalue weighted by molar-refractivity contribution is 6.31. The van der Waals surface area contributed by atoms with Gasteiger partial charge in [0.2, 0.25) is 5.69 Å². The monoisotopic (exact) mass is 930 g/mol. The number of benzene rings is 4. The van der Waals surface area contributed by atoms with Gasteiger partial charge in [-0.05, 0) is 116 Å². The van der Waals surface area contributed by atoms with Crippen molar-refractivity contribution < 1.29 is 50.9 Å². The number of anilines is 2. The molecule has 0 saturated carbocycles. The van der Waals surface area contributed by atoms with E-state index >= 15 is 0 Å². The maximum absolute atomic E-state index is 14.6. The predicted molar refractivity (Wildman–Crippen MR) is 230 cm³/mol. The van der Waals surface area contributed by atoms with E-state index in [1.54, 1.807) is 36.5 Å². The van der Waals surface area contributed by atoms with Gasteiger partial charge in [0.15, 0.2) is 12.8 Å². The minimum absolute atomic E-state index is 0.0165. The van der Waals surface area contributed by atoms with Crippen molar-refractivity contribution in [1.82, 2.24) is 15.6 Å². The van der Waals surface area contributed by atoms with Gasteiger partial charge in [0, 0.05) is 52.0 Å². The largest absolute Gasteiger partial charge is 0.618 e. The van der Waals surface area contributed by atoms with Crippen molar-refractivity contribution in [3.05, 3.63) is 193 Å². The molecule has 0 unspecified atom stereocenters. The minimum atomic E-state index is -0.813. The number of alkyl carbamates (subject to hydrolysis) is 2. The molecule has 2 atom stereocenters. The lowest BCUT2D eigenvalue weighted by Gasteiger charge is -2.16.